The molecule has 0 saturated heterocycles. The number of fused-ring (bicyclic) bond motifs is 1. The number of rotatable bonds is 0. The molecule has 2 rings (SSSR count). The normalized spacial score (nSPS) is 12.2. The second-order valence-electron chi connectivity index (χ2n) is 4.57. The number of aromatic nitrogens is 1. The molecule has 0 fully saturated rings. The molecule has 2 nitrogen and oxygen atoms in total. The van der Waals surface area contributed by atoms with E-state index >= 15 is 0 Å². The maximum absolute atomic E-state index is 9.64. The fourth-order valence-electron chi connectivity index (χ4n) is 1.74. The van der Waals surface area contributed by atoms with Crippen molar-refractivity contribution in [3.05, 3.63) is 30.5 Å². The topological polar surface area (TPSA) is 25.2 Å². The van der Waals surface area contributed by atoms with Gasteiger partial charge >= 0.3 is 0 Å². The third kappa shape index (κ3) is 1.27. The standard InChI is InChI=1S/C12H15NO/c1-12(2,3)13-8-7-9-10(13)5-4-6-11(9)14/h4-8,14H,1-3H3. The van der Waals surface area contributed by atoms with Gasteiger partial charge in [-0.3, -0.25) is 0 Å². The number of benzene rings is 1. The first kappa shape index (κ1) is 9.13. The Balaban J connectivity index is 2.76. The first-order chi connectivity index (χ1) is 6.50. The van der Waals surface area contributed by atoms with E-state index in [-0.39, 0.29) is 5.54 Å². The largest absolute Gasteiger partial charge is 0.507 e. The average Bonchev–Trinajstić information content (AvgIpc) is 2.47. The smallest absolute Gasteiger partial charge is 0.124 e. The van der Waals surface area contributed by atoms with Gasteiger partial charge in [-0.15, -0.1) is 0 Å². The second-order valence-corrected chi connectivity index (χ2v) is 4.57. The Morgan fingerprint density at radius 3 is 2.50 bits per heavy atom. The van der Waals surface area contributed by atoms with Gasteiger partial charge in [-0.25, -0.2) is 0 Å². The van der Waals surface area contributed by atoms with Gasteiger partial charge in [-0.2, -0.15) is 0 Å². The molecule has 0 saturated carbocycles. The number of hydrogen-bond donors (Lipinski definition) is 1. The van der Waals surface area contributed by atoms with Crippen LogP contribution in [-0.4, -0.2) is 9.67 Å². The van der Waals surface area contributed by atoms with Crippen LogP contribution in [0.1, 0.15) is 20.8 Å². The molecule has 0 unspecified atom stereocenters. The van der Waals surface area contributed by atoms with Gasteiger partial charge < -0.3 is 9.67 Å². The zero-order chi connectivity index (χ0) is 10.3. The molecule has 1 aromatic carbocycles. The molecule has 1 aromatic heterocycles. The summed E-state index contributed by atoms with van der Waals surface area (Å²) in [5, 5.41) is 10.6. The SMILES string of the molecule is CC(C)(C)n1ccc2c(O)cccc21. The molecular weight excluding hydrogens is 174 g/mol. The van der Waals surface area contributed by atoms with E-state index in [0.29, 0.717) is 5.75 Å². The van der Waals surface area contributed by atoms with Crippen LogP contribution in [-0.2, 0) is 5.54 Å². The zero-order valence-electron chi connectivity index (χ0n) is 8.78. The van der Waals surface area contributed by atoms with E-state index < -0.39 is 0 Å². The molecular formula is C12H15NO. The summed E-state index contributed by atoms with van der Waals surface area (Å²) in [6.45, 7) is 6.45. The summed E-state index contributed by atoms with van der Waals surface area (Å²) in [7, 11) is 0. The molecule has 0 aliphatic heterocycles. The minimum atomic E-state index is 0.0511. The minimum Gasteiger partial charge on any atom is -0.507 e. The Morgan fingerprint density at radius 2 is 1.86 bits per heavy atom. The maximum atomic E-state index is 9.64. The summed E-state index contributed by atoms with van der Waals surface area (Å²) in [5.41, 5.74) is 1.13. The fourth-order valence-corrected chi connectivity index (χ4v) is 1.74. The van der Waals surface area contributed by atoms with Crippen molar-refractivity contribution in [3.63, 3.8) is 0 Å². The van der Waals surface area contributed by atoms with Gasteiger partial charge in [0.1, 0.15) is 5.75 Å². The quantitative estimate of drug-likeness (QED) is 0.676. The third-order valence-electron chi connectivity index (χ3n) is 2.43. The van der Waals surface area contributed by atoms with Crippen LogP contribution in [0.15, 0.2) is 30.5 Å². The Morgan fingerprint density at radius 1 is 1.14 bits per heavy atom. The lowest BCUT2D eigenvalue weighted by atomic mass is 10.1. The summed E-state index contributed by atoms with van der Waals surface area (Å²) in [6.07, 6.45) is 2.02. The van der Waals surface area contributed by atoms with Crippen molar-refractivity contribution in [2.24, 2.45) is 0 Å². The highest BCUT2D eigenvalue weighted by Crippen LogP contribution is 2.29. The highest BCUT2D eigenvalue weighted by atomic mass is 16.3. The van der Waals surface area contributed by atoms with Gasteiger partial charge in [0.2, 0.25) is 0 Å². The van der Waals surface area contributed by atoms with Crippen molar-refractivity contribution >= 4 is 10.9 Å². The van der Waals surface area contributed by atoms with Crippen LogP contribution in [0.3, 0.4) is 0 Å². The van der Waals surface area contributed by atoms with Crippen molar-refractivity contribution in [2.45, 2.75) is 26.3 Å². The van der Waals surface area contributed by atoms with Crippen LogP contribution in [0.4, 0.5) is 0 Å². The Bertz CT molecular complexity index is 463. The van der Waals surface area contributed by atoms with Gasteiger partial charge in [0.15, 0.2) is 0 Å². The van der Waals surface area contributed by atoms with Crippen LogP contribution in [0.25, 0.3) is 10.9 Å². The van der Waals surface area contributed by atoms with Crippen molar-refractivity contribution < 1.29 is 5.11 Å². The number of hydrogen-bond acceptors (Lipinski definition) is 1. The van der Waals surface area contributed by atoms with Crippen molar-refractivity contribution in [3.8, 4) is 5.75 Å². The molecule has 0 spiro atoms. The molecule has 2 heteroatoms. The van der Waals surface area contributed by atoms with Gasteiger partial charge in [0.25, 0.3) is 0 Å². The molecule has 0 aliphatic rings. The van der Waals surface area contributed by atoms with E-state index in [1.807, 2.05) is 24.4 Å². The Kier molecular flexibility index (Phi) is 1.81. The lowest BCUT2D eigenvalue weighted by Crippen LogP contribution is -2.20. The molecule has 0 aliphatic carbocycles. The zero-order valence-corrected chi connectivity index (χ0v) is 8.78. The highest BCUT2D eigenvalue weighted by Gasteiger charge is 2.15. The summed E-state index contributed by atoms with van der Waals surface area (Å²) >= 11 is 0. The number of phenols is 1. The van der Waals surface area contributed by atoms with Gasteiger partial charge in [-0.05, 0) is 39.0 Å². The predicted molar refractivity (Wildman–Crippen MR) is 58.6 cm³/mol. The molecule has 0 radical (unpaired) electrons. The van der Waals surface area contributed by atoms with Crippen molar-refractivity contribution in [2.75, 3.05) is 0 Å². The van der Waals surface area contributed by atoms with E-state index in [2.05, 4.69) is 25.3 Å². The van der Waals surface area contributed by atoms with Crippen molar-refractivity contribution in [1.29, 1.82) is 0 Å². The van der Waals surface area contributed by atoms with Crippen LogP contribution >= 0.6 is 0 Å². The van der Waals surface area contributed by atoms with Crippen LogP contribution in [0, 0.1) is 0 Å². The fraction of sp³-hybridized carbons (Fsp3) is 0.333. The molecule has 0 bridgehead atoms. The molecule has 0 atom stereocenters. The monoisotopic (exact) mass is 189 g/mol. The summed E-state index contributed by atoms with van der Waals surface area (Å²) < 4.78 is 2.17. The Hall–Kier alpha value is -1.44. The highest BCUT2D eigenvalue weighted by molar-refractivity contribution is 5.86. The number of phenolic OH excluding ortho intramolecular Hbond substituents is 1. The maximum Gasteiger partial charge on any atom is 0.124 e. The van der Waals surface area contributed by atoms with Gasteiger partial charge in [0.05, 0.1) is 5.52 Å². The first-order valence-electron chi connectivity index (χ1n) is 4.80. The first-order valence-corrected chi connectivity index (χ1v) is 4.80. The van der Waals surface area contributed by atoms with Crippen molar-refractivity contribution in [1.82, 2.24) is 4.57 Å². The van der Waals surface area contributed by atoms with Crippen LogP contribution < -0.4 is 0 Å². The van der Waals surface area contributed by atoms with Gasteiger partial charge in [-0.1, -0.05) is 6.07 Å². The number of aromatic hydroxyl groups is 1. The molecule has 14 heavy (non-hydrogen) atoms. The summed E-state index contributed by atoms with van der Waals surface area (Å²) in [6, 6.07) is 7.57. The molecule has 1 N–H and O–H groups in total. The lowest BCUT2D eigenvalue weighted by Gasteiger charge is -2.22. The van der Waals surface area contributed by atoms with Crippen LogP contribution in [0.2, 0.25) is 0 Å². The van der Waals surface area contributed by atoms with E-state index in [1.54, 1.807) is 6.07 Å². The van der Waals surface area contributed by atoms with Gasteiger partial charge in [0, 0.05) is 17.1 Å². The van der Waals surface area contributed by atoms with E-state index in [4.69, 9.17) is 0 Å². The van der Waals surface area contributed by atoms with Crippen LogP contribution in [0.5, 0.6) is 5.75 Å². The molecule has 2 aromatic rings. The lowest BCUT2D eigenvalue weighted by molar-refractivity contribution is 0.410. The predicted octanol–water partition coefficient (Wildman–Crippen LogP) is 3.10. The Labute approximate surface area is 83.8 Å². The summed E-state index contributed by atoms with van der Waals surface area (Å²) in [5.74, 6) is 0.352. The third-order valence-corrected chi connectivity index (χ3v) is 2.43. The summed E-state index contributed by atoms with van der Waals surface area (Å²) in [4.78, 5) is 0. The van der Waals surface area contributed by atoms with E-state index in [9.17, 15) is 5.11 Å². The average molecular weight is 189 g/mol. The minimum absolute atomic E-state index is 0.0511. The van der Waals surface area contributed by atoms with E-state index in [1.165, 1.54) is 0 Å². The molecule has 0 amide bonds. The number of nitrogens with zero attached hydrogens (tertiary/aromatic N) is 1. The molecule has 1 heterocycles. The second kappa shape index (κ2) is 2.77. The molecule has 74 valence electrons. The van der Waals surface area contributed by atoms with E-state index in [0.717, 1.165) is 10.9 Å².